The first-order chi connectivity index (χ1) is 10.4. The number of hydrogen-bond acceptors (Lipinski definition) is 2. The number of carbonyl (C=O) groups excluding carboxylic acids is 1. The summed E-state index contributed by atoms with van der Waals surface area (Å²) in [7, 11) is 0. The number of carbonyl (C=O) groups is 1. The third kappa shape index (κ3) is 3.48. The summed E-state index contributed by atoms with van der Waals surface area (Å²) >= 11 is 0. The van der Waals surface area contributed by atoms with Crippen LogP contribution in [0.1, 0.15) is 29.2 Å². The molecule has 1 amide bonds. The van der Waals surface area contributed by atoms with Crippen LogP contribution in [-0.4, -0.2) is 12.0 Å². The first kappa shape index (κ1) is 16.1. The Morgan fingerprint density at radius 2 is 1.55 bits per heavy atom. The van der Waals surface area contributed by atoms with Gasteiger partial charge in [0, 0.05) is 5.69 Å². The van der Waals surface area contributed by atoms with Crippen LogP contribution in [-0.2, 0) is 4.79 Å². The number of benzene rings is 2. The number of aryl methyl sites for hydroxylation is 2. The van der Waals surface area contributed by atoms with Crippen molar-refractivity contribution in [2.24, 2.45) is 0 Å². The molecular weight excluding hydrogens is 274 g/mol. The predicted octanol–water partition coefficient (Wildman–Crippen LogP) is 4.33. The number of nitrogens with one attached hydrogen (secondary N) is 1. The normalized spacial score (nSPS) is 11.9. The minimum Gasteiger partial charge on any atom is -0.481 e. The second-order valence-corrected chi connectivity index (χ2v) is 5.69. The van der Waals surface area contributed by atoms with E-state index in [9.17, 15) is 4.79 Å². The fourth-order valence-corrected chi connectivity index (χ4v) is 2.22. The van der Waals surface area contributed by atoms with Gasteiger partial charge in [-0.3, -0.25) is 4.79 Å². The van der Waals surface area contributed by atoms with Crippen LogP contribution in [0.5, 0.6) is 5.75 Å². The Hall–Kier alpha value is -2.29. The molecule has 2 rings (SSSR count). The molecule has 0 spiro atoms. The van der Waals surface area contributed by atoms with Gasteiger partial charge in [0.25, 0.3) is 5.91 Å². The van der Waals surface area contributed by atoms with Gasteiger partial charge in [-0.05, 0) is 69.0 Å². The van der Waals surface area contributed by atoms with Crippen molar-refractivity contribution in [3.8, 4) is 5.75 Å². The van der Waals surface area contributed by atoms with Gasteiger partial charge in [-0.15, -0.1) is 0 Å². The molecule has 0 radical (unpaired) electrons. The molecule has 0 aromatic heterocycles. The highest BCUT2D eigenvalue weighted by molar-refractivity contribution is 5.94. The van der Waals surface area contributed by atoms with Crippen LogP contribution in [0.4, 0.5) is 5.69 Å². The smallest absolute Gasteiger partial charge is 0.265 e. The minimum atomic E-state index is -0.555. The van der Waals surface area contributed by atoms with Gasteiger partial charge in [0.1, 0.15) is 5.75 Å². The first-order valence-electron chi connectivity index (χ1n) is 7.50. The quantitative estimate of drug-likeness (QED) is 0.912. The molecule has 0 aliphatic heterocycles. The van der Waals surface area contributed by atoms with E-state index < -0.39 is 6.10 Å². The highest BCUT2D eigenvalue weighted by Gasteiger charge is 2.17. The van der Waals surface area contributed by atoms with E-state index in [2.05, 4.69) is 5.32 Å². The molecule has 0 saturated heterocycles. The highest BCUT2D eigenvalue weighted by atomic mass is 16.5. The molecule has 22 heavy (non-hydrogen) atoms. The molecule has 0 fully saturated rings. The molecule has 2 aromatic rings. The number of amides is 1. The van der Waals surface area contributed by atoms with E-state index in [1.165, 1.54) is 0 Å². The van der Waals surface area contributed by atoms with Gasteiger partial charge >= 0.3 is 0 Å². The molecular formula is C19H23NO2. The van der Waals surface area contributed by atoms with Gasteiger partial charge in [0.05, 0.1) is 0 Å². The van der Waals surface area contributed by atoms with Crippen LogP contribution in [0.2, 0.25) is 0 Å². The Labute approximate surface area is 132 Å². The van der Waals surface area contributed by atoms with Gasteiger partial charge in [0.15, 0.2) is 6.10 Å². The minimum absolute atomic E-state index is 0.144. The van der Waals surface area contributed by atoms with E-state index in [4.69, 9.17) is 4.74 Å². The van der Waals surface area contributed by atoms with E-state index in [1.807, 2.05) is 64.1 Å². The van der Waals surface area contributed by atoms with Crippen molar-refractivity contribution < 1.29 is 9.53 Å². The van der Waals surface area contributed by atoms with Crippen molar-refractivity contribution >= 4 is 11.6 Å². The number of ether oxygens (including phenoxy) is 1. The Bertz CT molecular complexity index is 692. The van der Waals surface area contributed by atoms with Gasteiger partial charge in [0.2, 0.25) is 0 Å². The Kier molecular flexibility index (Phi) is 4.86. The predicted molar refractivity (Wildman–Crippen MR) is 90.6 cm³/mol. The molecule has 3 heteroatoms. The van der Waals surface area contributed by atoms with Gasteiger partial charge in [-0.1, -0.05) is 24.3 Å². The van der Waals surface area contributed by atoms with E-state index in [0.29, 0.717) is 0 Å². The first-order valence-corrected chi connectivity index (χ1v) is 7.50. The lowest BCUT2D eigenvalue weighted by atomic mass is 10.1. The Morgan fingerprint density at radius 1 is 0.955 bits per heavy atom. The third-order valence-corrected chi connectivity index (χ3v) is 4.09. The Morgan fingerprint density at radius 3 is 2.23 bits per heavy atom. The summed E-state index contributed by atoms with van der Waals surface area (Å²) in [5, 5.41) is 2.94. The molecule has 0 aliphatic carbocycles. The van der Waals surface area contributed by atoms with Crippen molar-refractivity contribution in [1.82, 2.24) is 0 Å². The molecule has 1 N–H and O–H groups in total. The second kappa shape index (κ2) is 6.65. The fraction of sp³-hybridized carbons (Fsp3) is 0.316. The third-order valence-electron chi connectivity index (χ3n) is 4.09. The summed E-state index contributed by atoms with van der Waals surface area (Å²) in [6.07, 6.45) is -0.555. The highest BCUT2D eigenvalue weighted by Crippen LogP contribution is 2.23. The van der Waals surface area contributed by atoms with Gasteiger partial charge < -0.3 is 10.1 Å². The van der Waals surface area contributed by atoms with Gasteiger partial charge in [-0.2, -0.15) is 0 Å². The summed E-state index contributed by atoms with van der Waals surface area (Å²) in [6.45, 7) is 9.83. The lowest BCUT2D eigenvalue weighted by Crippen LogP contribution is -2.30. The van der Waals surface area contributed by atoms with E-state index in [1.54, 1.807) is 6.92 Å². The summed E-state index contributed by atoms with van der Waals surface area (Å²) in [5.74, 6) is 0.609. The number of anilines is 1. The Balaban J connectivity index is 2.09. The summed E-state index contributed by atoms with van der Waals surface area (Å²) in [4.78, 5) is 12.3. The van der Waals surface area contributed by atoms with Crippen molar-refractivity contribution in [2.45, 2.75) is 40.7 Å². The van der Waals surface area contributed by atoms with E-state index >= 15 is 0 Å². The van der Waals surface area contributed by atoms with Crippen molar-refractivity contribution in [1.29, 1.82) is 0 Å². The van der Waals surface area contributed by atoms with Crippen LogP contribution in [0.3, 0.4) is 0 Å². The molecule has 0 unspecified atom stereocenters. The average Bonchev–Trinajstić information content (AvgIpc) is 2.48. The molecule has 2 aromatic carbocycles. The van der Waals surface area contributed by atoms with Crippen LogP contribution < -0.4 is 10.1 Å². The summed E-state index contributed by atoms with van der Waals surface area (Å²) < 4.78 is 5.82. The maximum absolute atomic E-state index is 12.3. The monoisotopic (exact) mass is 297 g/mol. The fourth-order valence-electron chi connectivity index (χ4n) is 2.22. The van der Waals surface area contributed by atoms with E-state index in [-0.39, 0.29) is 5.91 Å². The van der Waals surface area contributed by atoms with Crippen LogP contribution >= 0.6 is 0 Å². The SMILES string of the molecule is Cc1cccc(NC(=O)[C@H](C)Oc2cccc(C)c2C)c1C. The molecule has 3 nitrogen and oxygen atoms in total. The van der Waals surface area contributed by atoms with Crippen LogP contribution in [0.15, 0.2) is 36.4 Å². The molecule has 1 atom stereocenters. The van der Waals surface area contributed by atoms with Crippen molar-refractivity contribution in [3.05, 3.63) is 58.7 Å². The number of rotatable bonds is 4. The lowest BCUT2D eigenvalue weighted by Gasteiger charge is -2.18. The second-order valence-electron chi connectivity index (χ2n) is 5.69. The zero-order valence-electron chi connectivity index (χ0n) is 13.9. The molecule has 0 heterocycles. The van der Waals surface area contributed by atoms with Crippen molar-refractivity contribution in [3.63, 3.8) is 0 Å². The molecule has 116 valence electrons. The maximum Gasteiger partial charge on any atom is 0.265 e. The number of hydrogen-bond donors (Lipinski definition) is 1. The topological polar surface area (TPSA) is 38.3 Å². The molecule has 0 saturated carbocycles. The van der Waals surface area contributed by atoms with Crippen LogP contribution in [0, 0.1) is 27.7 Å². The molecule has 0 bridgehead atoms. The summed E-state index contributed by atoms with van der Waals surface area (Å²) in [6, 6.07) is 11.7. The largest absolute Gasteiger partial charge is 0.481 e. The molecule has 0 aliphatic rings. The van der Waals surface area contributed by atoms with Gasteiger partial charge in [-0.25, -0.2) is 0 Å². The standard InChI is InChI=1S/C19H23NO2/c1-12-8-6-10-17(14(12)3)20-19(21)16(5)22-18-11-7-9-13(2)15(18)4/h6-11,16H,1-5H3,(H,20,21)/t16-/m0/s1. The van der Waals surface area contributed by atoms with Crippen molar-refractivity contribution in [2.75, 3.05) is 5.32 Å². The zero-order chi connectivity index (χ0) is 16.3. The maximum atomic E-state index is 12.3. The lowest BCUT2D eigenvalue weighted by molar-refractivity contribution is -0.122. The summed E-state index contributed by atoms with van der Waals surface area (Å²) in [5.41, 5.74) is 5.28. The van der Waals surface area contributed by atoms with E-state index in [0.717, 1.165) is 33.7 Å². The zero-order valence-corrected chi connectivity index (χ0v) is 13.9. The average molecular weight is 297 g/mol. The van der Waals surface area contributed by atoms with Crippen LogP contribution in [0.25, 0.3) is 0 Å².